The summed E-state index contributed by atoms with van der Waals surface area (Å²) >= 11 is 12.1. The molecule has 0 aliphatic carbocycles. The summed E-state index contributed by atoms with van der Waals surface area (Å²) in [4.78, 5) is 4.33. The Balaban J connectivity index is 2.31. The van der Waals surface area contributed by atoms with E-state index in [1.54, 1.807) is 12.3 Å². The Kier molecular flexibility index (Phi) is 2.94. The van der Waals surface area contributed by atoms with Crippen molar-refractivity contribution in [1.82, 2.24) is 4.98 Å². The van der Waals surface area contributed by atoms with Crippen LogP contribution in [0.4, 0.5) is 0 Å². The third-order valence-electron chi connectivity index (χ3n) is 2.85. The Morgan fingerprint density at radius 1 is 0.889 bits per heavy atom. The van der Waals surface area contributed by atoms with E-state index in [0.29, 0.717) is 10.0 Å². The molecule has 0 bridgehead atoms. The number of aromatic nitrogens is 1. The maximum atomic E-state index is 6.22. The van der Waals surface area contributed by atoms with Gasteiger partial charge in [0.25, 0.3) is 0 Å². The fourth-order valence-corrected chi connectivity index (χ4v) is 2.53. The van der Waals surface area contributed by atoms with Crippen LogP contribution in [0.3, 0.4) is 0 Å². The first-order valence-corrected chi connectivity index (χ1v) is 6.30. The molecule has 18 heavy (non-hydrogen) atoms. The highest BCUT2D eigenvalue weighted by Gasteiger charge is 2.09. The van der Waals surface area contributed by atoms with Gasteiger partial charge in [0.1, 0.15) is 0 Å². The average molecular weight is 274 g/mol. The fourth-order valence-electron chi connectivity index (χ4n) is 2.04. The van der Waals surface area contributed by atoms with Crippen LogP contribution in [0.5, 0.6) is 0 Å². The predicted octanol–water partition coefficient (Wildman–Crippen LogP) is 5.21. The van der Waals surface area contributed by atoms with Crippen LogP contribution in [0.25, 0.3) is 22.0 Å². The molecular formula is C15H9Cl2N. The van der Waals surface area contributed by atoms with Gasteiger partial charge in [-0.3, -0.25) is 4.98 Å². The SMILES string of the molecule is Clc1cnc(-c2cccc3ccccc23)c(Cl)c1. The van der Waals surface area contributed by atoms with Crippen LogP contribution in [-0.4, -0.2) is 4.98 Å². The lowest BCUT2D eigenvalue weighted by Crippen LogP contribution is -1.86. The van der Waals surface area contributed by atoms with Gasteiger partial charge in [0.15, 0.2) is 0 Å². The first kappa shape index (κ1) is 11.5. The highest BCUT2D eigenvalue weighted by Crippen LogP contribution is 2.32. The molecule has 3 rings (SSSR count). The van der Waals surface area contributed by atoms with Crippen molar-refractivity contribution in [3.05, 3.63) is 64.8 Å². The minimum Gasteiger partial charge on any atom is -0.253 e. The van der Waals surface area contributed by atoms with E-state index in [1.807, 2.05) is 24.3 Å². The number of halogens is 2. The second kappa shape index (κ2) is 4.60. The van der Waals surface area contributed by atoms with Crippen LogP contribution in [0.2, 0.25) is 10.0 Å². The summed E-state index contributed by atoms with van der Waals surface area (Å²) in [5, 5.41) is 3.42. The third-order valence-corrected chi connectivity index (χ3v) is 3.35. The number of hydrogen-bond donors (Lipinski definition) is 0. The first-order chi connectivity index (χ1) is 8.75. The summed E-state index contributed by atoms with van der Waals surface area (Å²) in [5.74, 6) is 0. The highest BCUT2D eigenvalue weighted by atomic mass is 35.5. The van der Waals surface area contributed by atoms with E-state index >= 15 is 0 Å². The van der Waals surface area contributed by atoms with Gasteiger partial charge in [0.2, 0.25) is 0 Å². The number of nitrogens with zero attached hydrogens (tertiary/aromatic N) is 1. The molecule has 1 aromatic heterocycles. The van der Waals surface area contributed by atoms with Crippen LogP contribution in [0.1, 0.15) is 0 Å². The largest absolute Gasteiger partial charge is 0.253 e. The molecule has 0 aliphatic heterocycles. The molecule has 0 saturated heterocycles. The molecule has 0 saturated carbocycles. The second-order valence-electron chi connectivity index (χ2n) is 4.01. The van der Waals surface area contributed by atoms with Gasteiger partial charge in [-0.25, -0.2) is 0 Å². The van der Waals surface area contributed by atoms with Gasteiger partial charge in [-0.2, -0.15) is 0 Å². The van der Waals surface area contributed by atoms with Crippen molar-refractivity contribution in [2.24, 2.45) is 0 Å². The molecule has 0 unspecified atom stereocenters. The first-order valence-electron chi connectivity index (χ1n) is 5.55. The highest BCUT2D eigenvalue weighted by molar-refractivity contribution is 6.36. The van der Waals surface area contributed by atoms with Crippen molar-refractivity contribution >= 4 is 34.0 Å². The normalized spacial score (nSPS) is 10.8. The Morgan fingerprint density at radius 2 is 1.67 bits per heavy atom. The molecule has 1 heterocycles. The van der Waals surface area contributed by atoms with Gasteiger partial charge in [-0.05, 0) is 16.8 Å². The van der Waals surface area contributed by atoms with E-state index in [-0.39, 0.29) is 0 Å². The molecule has 0 spiro atoms. The van der Waals surface area contributed by atoms with Gasteiger partial charge in [0, 0.05) is 11.8 Å². The van der Waals surface area contributed by atoms with Gasteiger partial charge >= 0.3 is 0 Å². The third kappa shape index (κ3) is 1.96. The van der Waals surface area contributed by atoms with Crippen molar-refractivity contribution < 1.29 is 0 Å². The van der Waals surface area contributed by atoms with E-state index in [1.165, 1.54) is 5.39 Å². The molecule has 88 valence electrons. The Hall–Kier alpha value is -1.57. The molecule has 3 aromatic rings. The van der Waals surface area contributed by atoms with Crippen LogP contribution in [-0.2, 0) is 0 Å². The van der Waals surface area contributed by atoms with E-state index in [0.717, 1.165) is 16.6 Å². The fraction of sp³-hybridized carbons (Fsp3) is 0. The van der Waals surface area contributed by atoms with Crippen molar-refractivity contribution in [2.45, 2.75) is 0 Å². The Morgan fingerprint density at radius 3 is 2.50 bits per heavy atom. The number of pyridine rings is 1. The zero-order valence-electron chi connectivity index (χ0n) is 9.40. The smallest absolute Gasteiger partial charge is 0.0895 e. The molecule has 0 atom stereocenters. The summed E-state index contributed by atoms with van der Waals surface area (Å²) in [6.45, 7) is 0. The lowest BCUT2D eigenvalue weighted by molar-refractivity contribution is 1.33. The van der Waals surface area contributed by atoms with E-state index in [9.17, 15) is 0 Å². The number of hydrogen-bond acceptors (Lipinski definition) is 1. The summed E-state index contributed by atoms with van der Waals surface area (Å²) in [6, 6.07) is 16.0. The quantitative estimate of drug-likeness (QED) is 0.593. The average Bonchev–Trinajstić information content (AvgIpc) is 2.38. The van der Waals surface area contributed by atoms with Gasteiger partial charge in [0.05, 0.1) is 15.7 Å². The minimum absolute atomic E-state index is 0.545. The van der Waals surface area contributed by atoms with Crippen LogP contribution < -0.4 is 0 Å². The maximum absolute atomic E-state index is 6.22. The van der Waals surface area contributed by atoms with E-state index < -0.39 is 0 Å². The van der Waals surface area contributed by atoms with Crippen molar-refractivity contribution in [3.63, 3.8) is 0 Å². The Bertz CT molecular complexity index is 717. The number of benzene rings is 2. The monoisotopic (exact) mass is 273 g/mol. The summed E-state index contributed by atoms with van der Waals surface area (Å²) in [6.07, 6.45) is 1.62. The van der Waals surface area contributed by atoms with Crippen molar-refractivity contribution in [2.75, 3.05) is 0 Å². The molecule has 0 aliphatic rings. The zero-order chi connectivity index (χ0) is 12.5. The van der Waals surface area contributed by atoms with Gasteiger partial charge in [-0.15, -0.1) is 0 Å². The molecule has 0 N–H and O–H groups in total. The summed E-state index contributed by atoms with van der Waals surface area (Å²) in [5.41, 5.74) is 1.78. The molecular weight excluding hydrogens is 265 g/mol. The van der Waals surface area contributed by atoms with E-state index in [4.69, 9.17) is 23.2 Å². The molecule has 2 aromatic carbocycles. The second-order valence-corrected chi connectivity index (χ2v) is 4.85. The van der Waals surface area contributed by atoms with Crippen LogP contribution in [0.15, 0.2) is 54.7 Å². The number of rotatable bonds is 1. The van der Waals surface area contributed by atoms with Crippen molar-refractivity contribution in [1.29, 1.82) is 0 Å². The summed E-state index contributed by atoms with van der Waals surface area (Å²) in [7, 11) is 0. The predicted molar refractivity (Wildman–Crippen MR) is 77.2 cm³/mol. The summed E-state index contributed by atoms with van der Waals surface area (Å²) < 4.78 is 0. The Labute approximate surface area is 115 Å². The van der Waals surface area contributed by atoms with Gasteiger partial charge < -0.3 is 0 Å². The van der Waals surface area contributed by atoms with Gasteiger partial charge in [-0.1, -0.05) is 65.7 Å². The van der Waals surface area contributed by atoms with Crippen LogP contribution >= 0.6 is 23.2 Å². The standard InChI is InChI=1S/C15H9Cl2N/c16-11-8-14(17)15(18-9-11)13-7-3-5-10-4-1-2-6-12(10)13/h1-9H. The molecule has 3 heteroatoms. The molecule has 0 radical (unpaired) electrons. The molecule has 0 amide bonds. The molecule has 0 fully saturated rings. The minimum atomic E-state index is 0.545. The maximum Gasteiger partial charge on any atom is 0.0895 e. The van der Waals surface area contributed by atoms with Crippen LogP contribution in [0, 0.1) is 0 Å². The lowest BCUT2D eigenvalue weighted by atomic mass is 10.0. The number of fused-ring (bicyclic) bond motifs is 1. The lowest BCUT2D eigenvalue weighted by Gasteiger charge is -2.07. The molecule has 1 nitrogen and oxygen atoms in total. The topological polar surface area (TPSA) is 12.9 Å². The van der Waals surface area contributed by atoms with E-state index in [2.05, 4.69) is 23.2 Å². The van der Waals surface area contributed by atoms with Crippen molar-refractivity contribution in [3.8, 4) is 11.3 Å². The zero-order valence-corrected chi connectivity index (χ0v) is 10.9.